The van der Waals surface area contributed by atoms with Crippen molar-refractivity contribution in [3.8, 4) is 0 Å². The summed E-state index contributed by atoms with van der Waals surface area (Å²) in [6, 6.07) is 4.00. The predicted molar refractivity (Wildman–Crippen MR) is 137 cm³/mol. The van der Waals surface area contributed by atoms with Crippen molar-refractivity contribution < 1.29 is 4.39 Å². The minimum atomic E-state index is -0.274. The number of rotatable bonds is 10. The van der Waals surface area contributed by atoms with Gasteiger partial charge in [0, 0.05) is 38.0 Å². The number of benzene rings is 1. The minimum Gasteiger partial charge on any atom is -0.397 e. The van der Waals surface area contributed by atoms with E-state index in [1.54, 1.807) is 0 Å². The van der Waals surface area contributed by atoms with Crippen LogP contribution in [-0.2, 0) is 0 Å². The average Bonchev–Trinajstić information content (AvgIpc) is 2.95. The molecule has 1 saturated heterocycles. The number of hydrogen-bond acceptors (Lipinski definition) is 4. The SMILES string of the molecule is C=C(CC(=C)Nc1c(N)ccc(C2=CC=CC=NC2)c1C)CC1CN(CCF)CC1CC. The van der Waals surface area contributed by atoms with Gasteiger partial charge in [-0.3, -0.25) is 4.99 Å². The molecule has 172 valence electrons. The zero-order valence-electron chi connectivity index (χ0n) is 19.5. The molecule has 0 saturated carbocycles. The summed E-state index contributed by atoms with van der Waals surface area (Å²) < 4.78 is 12.8. The van der Waals surface area contributed by atoms with Gasteiger partial charge in [0.1, 0.15) is 6.67 Å². The third kappa shape index (κ3) is 5.98. The highest BCUT2D eigenvalue weighted by Gasteiger charge is 2.31. The second-order valence-corrected chi connectivity index (χ2v) is 9.01. The molecule has 0 spiro atoms. The molecule has 0 aromatic heterocycles. The predicted octanol–water partition coefficient (Wildman–Crippen LogP) is 5.79. The molecule has 2 heterocycles. The largest absolute Gasteiger partial charge is 0.397 e. The van der Waals surface area contributed by atoms with Crippen LogP contribution in [0.2, 0.25) is 0 Å². The van der Waals surface area contributed by atoms with E-state index in [9.17, 15) is 4.39 Å². The Labute approximate surface area is 192 Å². The van der Waals surface area contributed by atoms with E-state index in [1.807, 2.05) is 24.4 Å². The molecule has 0 radical (unpaired) electrons. The quantitative estimate of drug-likeness (QED) is 0.360. The number of aliphatic imine (C=N–C) groups is 1. The van der Waals surface area contributed by atoms with Crippen LogP contribution < -0.4 is 11.1 Å². The summed E-state index contributed by atoms with van der Waals surface area (Å²) in [4.78, 5) is 6.66. The summed E-state index contributed by atoms with van der Waals surface area (Å²) in [7, 11) is 0. The molecule has 0 aliphatic carbocycles. The Morgan fingerprint density at radius 2 is 2.03 bits per heavy atom. The topological polar surface area (TPSA) is 53.6 Å². The molecule has 1 aromatic carbocycles. The smallest absolute Gasteiger partial charge is 0.102 e. The van der Waals surface area contributed by atoms with E-state index in [4.69, 9.17) is 5.73 Å². The van der Waals surface area contributed by atoms with Gasteiger partial charge in [-0.05, 0) is 54.0 Å². The van der Waals surface area contributed by atoms with Gasteiger partial charge in [-0.25, -0.2) is 4.39 Å². The molecule has 2 aliphatic heterocycles. The van der Waals surface area contributed by atoms with Gasteiger partial charge in [-0.2, -0.15) is 0 Å². The van der Waals surface area contributed by atoms with Gasteiger partial charge in [0.2, 0.25) is 0 Å². The molecule has 2 atom stereocenters. The maximum Gasteiger partial charge on any atom is 0.102 e. The summed E-state index contributed by atoms with van der Waals surface area (Å²) in [5.41, 5.74) is 13.4. The van der Waals surface area contributed by atoms with E-state index < -0.39 is 0 Å². The third-order valence-electron chi connectivity index (χ3n) is 6.60. The second kappa shape index (κ2) is 11.3. The Hall–Kier alpha value is -2.66. The van der Waals surface area contributed by atoms with Crippen molar-refractivity contribution in [3.63, 3.8) is 0 Å². The Kier molecular flexibility index (Phi) is 8.46. The molecule has 1 fully saturated rings. The van der Waals surface area contributed by atoms with Crippen molar-refractivity contribution in [2.75, 3.05) is 43.9 Å². The molecule has 3 rings (SSSR count). The van der Waals surface area contributed by atoms with Crippen molar-refractivity contribution in [1.82, 2.24) is 4.90 Å². The Bertz CT molecular complexity index is 928. The number of likely N-dealkylation sites (tertiary alicyclic amines) is 1. The zero-order valence-corrected chi connectivity index (χ0v) is 19.5. The number of nitrogens with two attached hydrogens (primary N) is 1. The van der Waals surface area contributed by atoms with Crippen LogP contribution in [0, 0.1) is 18.8 Å². The van der Waals surface area contributed by atoms with Gasteiger partial charge in [0.15, 0.2) is 0 Å². The fraction of sp³-hybridized carbons (Fsp3) is 0.444. The first-order chi connectivity index (χ1) is 15.4. The number of nitrogens with zero attached hydrogens (tertiary/aromatic N) is 2. The summed E-state index contributed by atoms with van der Waals surface area (Å²) in [6.07, 6.45) is 10.7. The first-order valence-electron chi connectivity index (χ1n) is 11.6. The Balaban J connectivity index is 1.64. The number of nitrogens with one attached hydrogen (secondary N) is 1. The lowest BCUT2D eigenvalue weighted by atomic mass is 9.87. The van der Waals surface area contributed by atoms with Gasteiger partial charge in [-0.1, -0.05) is 50.3 Å². The third-order valence-corrected chi connectivity index (χ3v) is 6.60. The van der Waals surface area contributed by atoms with Gasteiger partial charge in [-0.15, -0.1) is 0 Å². The standard InChI is InChI=1S/C27H37FN4/c1-5-22-17-32(13-11-28)18-24(22)15-19(2)14-20(3)31-27-21(4)25(9-10-26(27)29)23-8-6-7-12-30-16-23/h6-10,12,22,24,31H,2-3,5,11,13-18,29H2,1,4H3. The fourth-order valence-electron chi connectivity index (χ4n) is 4.90. The first kappa shape index (κ1) is 24.0. The summed E-state index contributed by atoms with van der Waals surface area (Å²) in [5.74, 6) is 1.15. The van der Waals surface area contributed by atoms with E-state index >= 15 is 0 Å². The van der Waals surface area contributed by atoms with Crippen molar-refractivity contribution in [2.24, 2.45) is 16.8 Å². The Morgan fingerprint density at radius 1 is 1.25 bits per heavy atom. The second-order valence-electron chi connectivity index (χ2n) is 9.01. The highest BCUT2D eigenvalue weighted by atomic mass is 19.1. The number of allylic oxidation sites excluding steroid dienone is 4. The van der Waals surface area contributed by atoms with E-state index in [1.165, 1.54) is 0 Å². The molecule has 5 heteroatoms. The zero-order chi connectivity index (χ0) is 23.1. The van der Waals surface area contributed by atoms with Crippen LogP contribution in [0.4, 0.5) is 15.8 Å². The highest BCUT2D eigenvalue weighted by Crippen LogP contribution is 2.34. The number of anilines is 2. The molecule has 0 bridgehead atoms. The molecule has 1 aromatic rings. The molecule has 3 N–H and O–H groups in total. The van der Waals surface area contributed by atoms with Gasteiger partial charge < -0.3 is 16.0 Å². The maximum absolute atomic E-state index is 12.8. The van der Waals surface area contributed by atoms with E-state index in [2.05, 4.69) is 54.4 Å². The normalized spacial score (nSPS) is 20.8. The number of nitrogen functional groups attached to an aromatic ring is 1. The van der Waals surface area contributed by atoms with Crippen molar-refractivity contribution in [2.45, 2.75) is 33.1 Å². The lowest BCUT2D eigenvalue weighted by molar-refractivity contribution is 0.284. The van der Waals surface area contributed by atoms with Crippen LogP contribution in [0.15, 0.2) is 59.8 Å². The average molecular weight is 437 g/mol. The molecule has 0 amide bonds. The molecular weight excluding hydrogens is 399 g/mol. The van der Waals surface area contributed by atoms with Crippen LogP contribution in [0.5, 0.6) is 0 Å². The monoisotopic (exact) mass is 436 g/mol. The summed E-state index contributed by atoms with van der Waals surface area (Å²) in [6.45, 7) is 15.8. The van der Waals surface area contributed by atoms with E-state index in [0.717, 1.165) is 59.6 Å². The number of alkyl halides is 1. The van der Waals surface area contributed by atoms with Crippen LogP contribution in [-0.4, -0.2) is 44.0 Å². The van der Waals surface area contributed by atoms with Crippen molar-refractivity contribution >= 4 is 23.2 Å². The number of hydrogen-bond donors (Lipinski definition) is 2. The maximum atomic E-state index is 12.8. The van der Waals surface area contributed by atoms with Crippen molar-refractivity contribution in [3.05, 3.63) is 65.9 Å². The van der Waals surface area contributed by atoms with Crippen LogP contribution in [0.1, 0.15) is 37.3 Å². The van der Waals surface area contributed by atoms with Crippen LogP contribution in [0.3, 0.4) is 0 Å². The van der Waals surface area contributed by atoms with Gasteiger partial charge >= 0.3 is 0 Å². The number of halogens is 1. The lowest BCUT2D eigenvalue weighted by Gasteiger charge is -2.21. The van der Waals surface area contributed by atoms with Gasteiger partial charge in [0.05, 0.1) is 17.9 Å². The minimum absolute atomic E-state index is 0.274. The molecular formula is C27H37FN4. The summed E-state index contributed by atoms with van der Waals surface area (Å²) >= 11 is 0. The van der Waals surface area contributed by atoms with Crippen molar-refractivity contribution in [1.29, 1.82) is 0 Å². The molecule has 2 unspecified atom stereocenters. The molecule has 32 heavy (non-hydrogen) atoms. The lowest BCUT2D eigenvalue weighted by Crippen LogP contribution is -2.23. The molecule has 2 aliphatic rings. The molecule has 4 nitrogen and oxygen atoms in total. The van der Waals surface area contributed by atoms with Crippen LogP contribution in [0.25, 0.3) is 5.57 Å². The Morgan fingerprint density at radius 3 is 2.78 bits per heavy atom. The first-order valence-corrected chi connectivity index (χ1v) is 11.6. The fourth-order valence-corrected chi connectivity index (χ4v) is 4.90. The summed E-state index contributed by atoms with van der Waals surface area (Å²) in [5, 5.41) is 3.46. The van der Waals surface area contributed by atoms with E-state index in [0.29, 0.717) is 37.0 Å². The van der Waals surface area contributed by atoms with Gasteiger partial charge in [0.25, 0.3) is 0 Å². The van der Waals surface area contributed by atoms with Crippen LogP contribution >= 0.6 is 0 Å². The highest BCUT2D eigenvalue weighted by molar-refractivity contribution is 5.84. The van der Waals surface area contributed by atoms with E-state index in [-0.39, 0.29) is 6.67 Å².